The highest BCUT2D eigenvalue weighted by Crippen LogP contribution is 2.15. The molecule has 0 bridgehead atoms. The largest absolute Gasteiger partial charge is 0.313 e. The lowest BCUT2D eigenvalue weighted by Crippen LogP contribution is -2.30. The Balaban J connectivity index is 0.00000200. The molecule has 8 heteroatoms. The molecule has 0 amide bonds. The molecule has 0 saturated heterocycles. The highest BCUT2D eigenvalue weighted by molar-refractivity contribution is 7.89. The van der Waals surface area contributed by atoms with Crippen molar-refractivity contribution >= 4 is 22.4 Å². The van der Waals surface area contributed by atoms with E-state index in [2.05, 4.69) is 10.0 Å². The molecule has 4 nitrogen and oxygen atoms in total. The average molecular weight is 325 g/mol. The number of rotatable bonds is 4. The third kappa shape index (κ3) is 4.24. The van der Waals surface area contributed by atoms with Crippen molar-refractivity contribution in [3.63, 3.8) is 0 Å². The van der Waals surface area contributed by atoms with Crippen LogP contribution in [0.25, 0.3) is 0 Å². The Labute approximate surface area is 122 Å². The van der Waals surface area contributed by atoms with Crippen LogP contribution in [0.15, 0.2) is 34.7 Å². The number of hydrogen-bond donors (Lipinski definition) is 2. The van der Waals surface area contributed by atoms with Gasteiger partial charge in [-0.15, -0.1) is 12.4 Å². The first kappa shape index (κ1) is 17.0. The first-order chi connectivity index (χ1) is 8.99. The van der Waals surface area contributed by atoms with E-state index < -0.39 is 26.6 Å². The van der Waals surface area contributed by atoms with Gasteiger partial charge in [-0.1, -0.05) is 11.6 Å². The Hall–Kier alpha value is -1.02. The summed E-state index contributed by atoms with van der Waals surface area (Å²) in [6, 6.07) is 2.39. The first-order valence-electron chi connectivity index (χ1n) is 5.82. The van der Waals surface area contributed by atoms with Gasteiger partial charge in [0.25, 0.3) is 0 Å². The summed E-state index contributed by atoms with van der Waals surface area (Å²) in [5, 5.41) is 3.10. The predicted octanol–water partition coefficient (Wildman–Crippen LogP) is 1.58. The lowest BCUT2D eigenvalue weighted by Gasteiger charge is -2.15. The van der Waals surface area contributed by atoms with E-state index in [1.807, 2.05) is 6.08 Å². The molecule has 1 heterocycles. The van der Waals surface area contributed by atoms with E-state index in [1.54, 1.807) is 0 Å². The van der Waals surface area contributed by atoms with Crippen molar-refractivity contribution in [1.29, 1.82) is 0 Å². The summed E-state index contributed by atoms with van der Waals surface area (Å²) in [6.07, 6.45) is 2.64. The maximum atomic E-state index is 13.4. The summed E-state index contributed by atoms with van der Waals surface area (Å²) >= 11 is 0. The topological polar surface area (TPSA) is 58.2 Å². The van der Waals surface area contributed by atoms with Gasteiger partial charge in [0.05, 0.1) is 0 Å². The maximum Gasteiger partial charge on any atom is 0.243 e. The summed E-state index contributed by atoms with van der Waals surface area (Å²) in [7, 11) is -3.96. The van der Waals surface area contributed by atoms with Crippen LogP contribution < -0.4 is 10.0 Å². The van der Waals surface area contributed by atoms with E-state index in [1.165, 1.54) is 0 Å². The minimum atomic E-state index is -3.96. The van der Waals surface area contributed by atoms with Crippen molar-refractivity contribution in [1.82, 2.24) is 10.0 Å². The van der Waals surface area contributed by atoms with E-state index in [4.69, 9.17) is 0 Å². The van der Waals surface area contributed by atoms with Gasteiger partial charge in [0.15, 0.2) is 0 Å². The van der Waals surface area contributed by atoms with Crippen LogP contribution in [0.3, 0.4) is 0 Å². The van der Waals surface area contributed by atoms with Crippen LogP contribution in [-0.2, 0) is 10.0 Å². The molecule has 0 radical (unpaired) electrons. The molecule has 0 unspecified atom stereocenters. The summed E-state index contributed by atoms with van der Waals surface area (Å²) < 4.78 is 52.3. The minimum Gasteiger partial charge on any atom is -0.313 e. The van der Waals surface area contributed by atoms with E-state index in [0.29, 0.717) is 12.6 Å². The van der Waals surface area contributed by atoms with E-state index >= 15 is 0 Å². The van der Waals surface area contributed by atoms with Crippen LogP contribution >= 0.6 is 12.4 Å². The van der Waals surface area contributed by atoms with Crippen molar-refractivity contribution in [2.75, 3.05) is 19.6 Å². The standard InChI is InChI=1S/C12H14F2N2O2S.ClH/c13-10-1-2-12(11(14)7-10)19(17,18)16-8-9-3-5-15-6-4-9;/h1-3,7,15-16H,4-6,8H2;1H. The normalized spacial score (nSPS) is 15.4. The van der Waals surface area contributed by atoms with Crippen LogP contribution in [0.2, 0.25) is 0 Å². The third-order valence-electron chi connectivity index (χ3n) is 2.83. The average Bonchev–Trinajstić information content (AvgIpc) is 2.37. The number of sulfonamides is 1. The molecule has 20 heavy (non-hydrogen) atoms. The Morgan fingerprint density at radius 2 is 2.05 bits per heavy atom. The monoisotopic (exact) mass is 324 g/mol. The second-order valence-electron chi connectivity index (χ2n) is 4.22. The van der Waals surface area contributed by atoms with E-state index in [-0.39, 0.29) is 19.0 Å². The number of nitrogens with one attached hydrogen (secondary N) is 2. The summed E-state index contributed by atoms with van der Waals surface area (Å²) in [6.45, 7) is 1.63. The molecule has 2 rings (SSSR count). The van der Waals surface area contributed by atoms with Crippen LogP contribution in [0.4, 0.5) is 8.78 Å². The summed E-state index contributed by atoms with van der Waals surface area (Å²) in [4.78, 5) is -0.538. The predicted molar refractivity (Wildman–Crippen MR) is 74.4 cm³/mol. The Morgan fingerprint density at radius 3 is 2.65 bits per heavy atom. The van der Waals surface area contributed by atoms with Crippen LogP contribution in [0.5, 0.6) is 0 Å². The van der Waals surface area contributed by atoms with Gasteiger partial charge in [0.2, 0.25) is 10.0 Å². The zero-order valence-electron chi connectivity index (χ0n) is 10.5. The molecule has 1 aliphatic rings. The number of benzene rings is 1. The van der Waals surface area contributed by atoms with Gasteiger partial charge in [0, 0.05) is 19.2 Å². The van der Waals surface area contributed by atoms with Crippen molar-refractivity contribution in [2.45, 2.75) is 11.3 Å². The van der Waals surface area contributed by atoms with Crippen LogP contribution in [0.1, 0.15) is 6.42 Å². The highest BCUT2D eigenvalue weighted by atomic mass is 35.5. The zero-order valence-corrected chi connectivity index (χ0v) is 12.2. The summed E-state index contributed by atoms with van der Waals surface area (Å²) in [5.74, 6) is -1.90. The fourth-order valence-corrected chi connectivity index (χ4v) is 2.88. The lowest BCUT2D eigenvalue weighted by atomic mass is 10.1. The molecular formula is C12H15ClF2N2O2S. The van der Waals surface area contributed by atoms with Gasteiger partial charge in [-0.25, -0.2) is 21.9 Å². The molecular weight excluding hydrogens is 310 g/mol. The van der Waals surface area contributed by atoms with Gasteiger partial charge in [0.1, 0.15) is 16.5 Å². The highest BCUT2D eigenvalue weighted by Gasteiger charge is 2.19. The Morgan fingerprint density at radius 1 is 1.30 bits per heavy atom. The molecule has 0 fully saturated rings. The quantitative estimate of drug-likeness (QED) is 0.827. The zero-order chi connectivity index (χ0) is 13.9. The molecule has 0 aromatic heterocycles. The SMILES string of the molecule is Cl.O=S(=O)(NCC1=CCNCC1)c1ccc(F)cc1F. The summed E-state index contributed by atoms with van der Waals surface area (Å²) in [5.41, 5.74) is 0.949. The van der Waals surface area contributed by atoms with Gasteiger partial charge in [-0.3, -0.25) is 0 Å². The number of hydrogen-bond acceptors (Lipinski definition) is 3. The Bertz CT molecular complexity index is 605. The van der Waals surface area contributed by atoms with Gasteiger partial charge < -0.3 is 5.32 Å². The second kappa shape index (κ2) is 7.12. The molecule has 0 saturated carbocycles. The fourth-order valence-electron chi connectivity index (χ4n) is 1.79. The molecule has 1 aliphatic heterocycles. The van der Waals surface area contributed by atoms with Gasteiger partial charge in [-0.05, 0) is 25.1 Å². The number of halogens is 3. The third-order valence-corrected chi connectivity index (χ3v) is 4.27. The fraction of sp³-hybridized carbons (Fsp3) is 0.333. The van der Waals surface area contributed by atoms with Crippen molar-refractivity contribution in [2.24, 2.45) is 0 Å². The molecule has 0 atom stereocenters. The smallest absolute Gasteiger partial charge is 0.243 e. The van der Waals surface area contributed by atoms with Crippen molar-refractivity contribution in [3.05, 3.63) is 41.5 Å². The molecule has 2 N–H and O–H groups in total. The van der Waals surface area contributed by atoms with Crippen LogP contribution in [0, 0.1) is 11.6 Å². The molecule has 0 aliphatic carbocycles. The molecule has 1 aromatic rings. The molecule has 0 spiro atoms. The van der Waals surface area contributed by atoms with Crippen molar-refractivity contribution in [3.8, 4) is 0 Å². The maximum absolute atomic E-state index is 13.4. The first-order valence-corrected chi connectivity index (χ1v) is 7.31. The van der Waals surface area contributed by atoms with Gasteiger partial charge in [-0.2, -0.15) is 0 Å². The molecule has 1 aromatic carbocycles. The van der Waals surface area contributed by atoms with Crippen molar-refractivity contribution < 1.29 is 17.2 Å². The van der Waals surface area contributed by atoms with E-state index in [0.717, 1.165) is 30.7 Å². The van der Waals surface area contributed by atoms with Gasteiger partial charge >= 0.3 is 0 Å². The Kier molecular flexibility index (Phi) is 6.07. The molecule has 112 valence electrons. The van der Waals surface area contributed by atoms with Crippen LogP contribution in [-0.4, -0.2) is 28.1 Å². The minimum absolute atomic E-state index is 0. The second-order valence-corrected chi connectivity index (χ2v) is 5.95. The lowest BCUT2D eigenvalue weighted by molar-refractivity contribution is 0.543. The van der Waals surface area contributed by atoms with E-state index in [9.17, 15) is 17.2 Å².